The largest absolute Gasteiger partial charge is 0.389 e. The third-order valence-corrected chi connectivity index (χ3v) is 4.94. The highest BCUT2D eigenvalue weighted by Crippen LogP contribution is 2.28. The fourth-order valence-electron chi connectivity index (χ4n) is 3.20. The maximum atomic E-state index is 10.5. The second kappa shape index (κ2) is 7.20. The summed E-state index contributed by atoms with van der Waals surface area (Å²) >= 11 is 3.43. The van der Waals surface area contributed by atoms with Crippen molar-refractivity contribution < 1.29 is 14.6 Å². The predicted molar refractivity (Wildman–Crippen MR) is 84.1 cm³/mol. The molecule has 0 spiro atoms. The summed E-state index contributed by atoms with van der Waals surface area (Å²) in [5, 5.41) is 10.5. The molecule has 0 bridgehead atoms. The Kier molecular flexibility index (Phi) is 5.29. The number of halogens is 1. The first-order valence-electron chi connectivity index (χ1n) is 7.60. The monoisotopic (exact) mass is 355 g/mol. The topological polar surface area (TPSA) is 41.9 Å². The number of benzene rings is 1. The Bertz CT molecular complexity index is 447. The average Bonchev–Trinajstić information content (AvgIpc) is 2.89. The lowest BCUT2D eigenvalue weighted by Crippen LogP contribution is -2.48. The Morgan fingerprint density at radius 2 is 1.90 bits per heavy atom. The molecule has 1 aliphatic carbocycles. The standard InChI is InChI=1S/C16H22BrNO3/c17-13-3-1-12(2-4-13)11-21-15-6-5-14(16(15)19)18-7-9-20-10-8-18/h1-4,14-16,19H,5-11H2/t14-,15+,16+/m1/s1. The molecular weight excluding hydrogens is 334 g/mol. The second-order valence-electron chi connectivity index (χ2n) is 5.76. The molecule has 1 N–H and O–H groups in total. The minimum Gasteiger partial charge on any atom is -0.389 e. The van der Waals surface area contributed by atoms with Gasteiger partial charge in [-0.25, -0.2) is 0 Å². The Labute approximate surface area is 134 Å². The summed E-state index contributed by atoms with van der Waals surface area (Å²) in [4.78, 5) is 2.34. The molecule has 2 aliphatic rings. The van der Waals surface area contributed by atoms with E-state index in [0.29, 0.717) is 6.61 Å². The Balaban J connectivity index is 1.51. The van der Waals surface area contributed by atoms with Gasteiger partial charge in [-0.2, -0.15) is 0 Å². The van der Waals surface area contributed by atoms with Crippen molar-refractivity contribution in [2.45, 2.75) is 37.7 Å². The lowest BCUT2D eigenvalue weighted by atomic mass is 10.1. The van der Waals surface area contributed by atoms with Gasteiger partial charge < -0.3 is 14.6 Å². The Morgan fingerprint density at radius 1 is 1.19 bits per heavy atom. The first kappa shape index (κ1) is 15.4. The third kappa shape index (κ3) is 3.85. The van der Waals surface area contributed by atoms with Crippen molar-refractivity contribution in [1.29, 1.82) is 0 Å². The summed E-state index contributed by atoms with van der Waals surface area (Å²) in [6, 6.07) is 8.35. The van der Waals surface area contributed by atoms with Crippen LogP contribution in [0.15, 0.2) is 28.7 Å². The number of morpholine rings is 1. The molecule has 0 unspecified atom stereocenters. The van der Waals surface area contributed by atoms with Gasteiger partial charge in [0, 0.05) is 23.6 Å². The number of hydrogen-bond acceptors (Lipinski definition) is 4. The van der Waals surface area contributed by atoms with E-state index in [0.717, 1.165) is 49.2 Å². The zero-order valence-electron chi connectivity index (χ0n) is 12.1. The number of aliphatic hydroxyl groups is 1. The Hall–Kier alpha value is -0.460. The van der Waals surface area contributed by atoms with Crippen molar-refractivity contribution >= 4 is 15.9 Å². The maximum Gasteiger partial charge on any atom is 0.0956 e. The molecule has 1 heterocycles. The van der Waals surface area contributed by atoms with Crippen LogP contribution in [0.4, 0.5) is 0 Å². The number of nitrogens with zero attached hydrogens (tertiary/aromatic N) is 1. The minimum atomic E-state index is -0.390. The summed E-state index contributed by atoms with van der Waals surface area (Å²) in [6.07, 6.45) is 1.49. The van der Waals surface area contributed by atoms with Crippen molar-refractivity contribution in [2.75, 3.05) is 26.3 Å². The Morgan fingerprint density at radius 3 is 2.62 bits per heavy atom. The van der Waals surface area contributed by atoms with Gasteiger partial charge in [0.15, 0.2) is 0 Å². The van der Waals surface area contributed by atoms with Crippen molar-refractivity contribution in [3.05, 3.63) is 34.3 Å². The number of ether oxygens (including phenoxy) is 2. The van der Waals surface area contributed by atoms with Crippen LogP contribution in [-0.4, -0.2) is 54.6 Å². The third-order valence-electron chi connectivity index (χ3n) is 4.41. The smallest absolute Gasteiger partial charge is 0.0956 e. The lowest BCUT2D eigenvalue weighted by molar-refractivity contribution is -0.0641. The van der Waals surface area contributed by atoms with Gasteiger partial charge in [-0.3, -0.25) is 4.90 Å². The highest BCUT2D eigenvalue weighted by molar-refractivity contribution is 9.10. The van der Waals surface area contributed by atoms with Crippen molar-refractivity contribution in [3.63, 3.8) is 0 Å². The van der Waals surface area contributed by atoms with E-state index in [4.69, 9.17) is 9.47 Å². The molecule has 4 nitrogen and oxygen atoms in total. The first-order chi connectivity index (χ1) is 10.2. The predicted octanol–water partition coefficient (Wildman–Crippen LogP) is 2.19. The van der Waals surface area contributed by atoms with E-state index in [-0.39, 0.29) is 12.1 Å². The fourth-order valence-corrected chi connectivity index (χ4v) is 3.46. The molecule has 1 saturated carbocycles. The zero-order valence-corrected chi connectivity index (χ0v) is 13.7. The van der Waals surface area contributed by atoms with Crippen LogP contribution in [0.5, 0.6) is 0 Å². The summed E-state index contributed by atoms with van der Waals surface area (Å²) in [5.74, 6) is 0. The van der Waals surface area contributed by atoms with E-state index >= 15 is 0 Å². The average molecular weight is 356 g/mol. The van der Waals surface area contributed by atoms with Crippen LogP contribution in [0.25, 0.3) is 0 Å². The lowest BCUT2D eigenvalue weighted by Gasteiger charge is -2.34. The molecule has 0 amide bonds. The van der Waals surface area contributed by atoms with Gasteiger partial charge >= 0.3 is 0 Å². The maximum absolute atomic E-state index is 10.5. The summed E-state index contributed by atoms with van der Waals surface area (Å²) in [5.41, 5.74) is 1.14. The fraction of sp³-hybridized carbons (Fsp3) is 0.625. The van der Waals surface area contributed by atoms with Crippen molar-refractivity contribution in [2.24, 2.45) is 0 Å². The van der Waals surface area contributed by atoms with Gasteiger partial charge in [-0.1, -0.05) is 28.1 Å². The van der Waals surface area contributed by atoms with Crippen molar-refractivity contribution in [3.8, 4) is 0 Å². The van der Waals surface area contributed by atoms with Gasteiger partial charge in [0.1, 0.15) is 0 Å². The molecule has 21 heavy (non-hydrogen) atoms. The number of aliphatic hydroxyl groups excluding tert-OH is 1. The van der Waals surface area contributed by atoms with Gasteiger partial charge in [0.05, 0.1) is 32.0 Å². The van der Waals surface area contributed by atoms with Gasteiger partial charge in [0.2, 0.25) is 0 Å². The van der Waals surface area contributed by atoms with Crippen LogP contribution in [-0.2, 0) is 16.1 Å². The van der Waals surface area contributed by atoms with E-state index in [1.807, 2.05) is 24.3 Å². The van der Waals surface area contributed by atoms with Crippen LogP contribution in [0, 0.1) is 0 Å². The number of hydrogen-bond donors (Lipinski definition) is 1. The molecule has 3 atom stereocenters. The van der Waals surface area contributed by atoms with E-state index < -0.39 is 6.10 Å². The SMILES string of the molecule is O[C@@H]1[C@@H](OCc2ccc(Br)cc2)CC[C@H]1N1CCOCC1. The molecule has 2 fully saturated rings. The van der Waals surface area contributed by atoms with Crippen LogP contribution in [0.2, 0.25) is 0 Å². The van der Waals surface area contributed by atoms with Crippen LogP contribution in [0.1, 0.15) is 18.4 Å². The summed E-state index contributed by atoms with van der Waals surface area (Å²) in [7, 11) is 0. The molecular formula is C16H22BrNO3. The van der Waals surface area contributed by atoms with E-state index in [1.165, 1.54) is 0 Å². The summed E-state index contributed by atoms with van der Waals surface area (Å²) in [6.45, 7) is 3.94. The molecule has 116 valence electrons. The van der Waals surface area contributed by atoms with Crippen LogP contribution >= 0.6 is 15.9 Å². The normalized spacial score (nSPS) is 30.7. The molecule has 1 aliphatic heterocycles. The van der Waals surface area contributed by atoms with Gasteiger partial charge in [-0.05, 0) is 30.5 Å². The second-order valence-corrected chi connectivity index (χ2v) is 6.68. The molecule has 1 aromatic rings. The molecule has 3 rings (SSSR count). The van der Waals surface area contributed by atoms with Crippen LogP contribution < -0.4 is 0 Å². The van der Waals surface area contributed by atoms with Crippen LogP contribution in [0.3, 0.4) is 0 Å². The van der Waals surface area contributed by atoms with E-state index in [9.17, 15) is 5.11 Å². The molecule has 0 aromatic heterocycles. The van der Waals surface area contributed by atoms with Crippen molar-refractivity contribution in [1.82, 2.24) is 4.90 Å². The number of rotatable bonds is 4. The first-order valence-corrected chi connectivity index (χ1v) is 8.39. The zero-order chi connectivity index (χ0) is 14.7. The quantitative estimate of drug-likeness (QED) is 0.898. The van der Waals surface area contributed by atoms with E-state index in [1.54, 1.807) is 0 Å². The molecule has 1 saturated heterocycles. The summed E-state index contributed by atoms with van der Waals surface area (Å²) < 4.78 is 12.4. The van der Waals surface area contributed by atoms with Gasteiger partial charge in [-0.15, -0.1) is 0 Å². The highest BCUT2D eigenvalue weighted by atomic mass is 79.9. The molecule has 1 aromatic carbocycles. The minimum absolute atomic E-state index is 0.0542. The molecule has 5 heteroatoms. The van der Waals surface area contributed by atoms with E-state index in [2.05, 4.69) is 20.8 Å². The van der Waals surface area contributed by atoms with Gasteiger partial charge in [0.25, 0.3) is 0 Å². The molecule has 0 radical (unpaired) electrons. The highest BCUT2D eigenvalue weighted by Gasteiger charge is 2.39.